The summed E-state index contributed by atoms with van der Waals surface area (Å²) in [4.78, 5) is 0. The van der Waals surface area contributed by atoms with Crippen LogP contribution in [0.1, 0.15) is 30.5 Å². The number of hydrogen-bond donors (Lipinski definition) is 4. The monoisotopic (exact) mass is 245 g/mol. The van der Waals surface area contributed by atoms with Crippen LogP contribution in [-0.2, 0) is 0 Å². The van der Waals surface area contributed by atoms with Gasteiger partial charge < -0.3 is 16.3 Å². The summed E-state index contributed by atoms with van der Waals surface area (Å²) in [5, 5.41) is 13.9. The smallest absolute Gasteiger partial charge is 0.146 e. The highest BCUT2D eigenvalue weighted by molar-refractivity contribution is 5.45. The van der Waals surface area contributed by atoms with Gasteiger partial charge in [0.2, 0.25) is 0 Å². The number of fused-ring (bicyclic) bond motifs is 1. The molecule has 1 aliphatic rings. The molecule has 2 aromatic rings. The number of nitrogen functional groups attached to an aromatic ring is 1. The van der Waals surface area contributed by atoms with Crippen LogP contribution in [0.4, 0.5) is 11.5 Å². The van der Waals surface area contributed by atoms with Crippen molar-refractivity contribution in [2.24, 2.45) is 0 Å². The van der Waals surface area contributed by atoms with Gasteiger partial charge in [0.1, 0.15) is 12.0 Å². The molecule has 0 amide bonds. The number of nitrogens with zero attached hydrogens (tertiary/aromatic N) is 2. The molecular formula is C12H15N5O. The van der Waals surface area contributed by atoms with E-state index in [0.29, 0.717) is 5.69 Å². The summed E-state index contributed by atoms with van der Waals surface area (Å²) < 4.78 is 1.81. The van der Waals surface area contributed by atoms with Crippen LogP contribution in [-0.4, -0.2) is 14.9 Å². The minimum Gasteiger partial charge on any atom is -0.399 e. The number of aliphatic hydroxyl groups is 1. The molecule has 2 unspecified atom stereocenters. The summed E-state index contributed by atoms with van der Waals surface area (Å²) >= 11 is 0. The average molecular weight is 245 g/mol. The molecule has 3 rings (SSSR count). The number of nitrogens with one attached hydrogen (secondary N) is 2. The van der Waals surface area contributed by atoms with Crippen LogP contribution in [0.25, 0.3) is 0 Å². The van der Waals surface area contributed by atoms with Crippen molar-refractivity contribution in [1.29, 1.82) is 0 Å². The molecule has 0 saturated heterocycles. The second-order valence-corrected chi connectivity index (χ2v) is 4.41. The van der Waals surface area contributed by atoms with Gasteiger partial charge >= 0.3 is 0 Å². The number of nitrogens with two attached hydrogens (primary N) is 1. The van der Waals surface area contributed by atoms with Gasteiger partial charge in [-0.1, -0.05) is 12.1 Å². The quantitative estimate of drug-likeness (QED) is 0.593. The van der Waals surface area contributed by atoms with Crippen molar-refractivity contribution in [2.75, 3.05) is 11.2 Å². The van der Waals surface area contributed by atoms with Gasteiger partial charge in [0.15, 0.2) is 0 Å². The highest BCUT2D eigenvalue weighted by Crippen LogP contribution is 2.27. The zero-order valence-corrected chi connectivity index (χ0v) is 9.96. The Labute approximate surface area is 104 Å². The molecule has 0 radical (unpaired) electrons. The number of aliphatic hydroxyl groups excluding tert-OH is 1. The Hall–Kier alpha value is -2.05. The maximum absolute atomic E-state index is 9.53. The molecule has 94 valence electrons. The first kappa shape index (κ1) is 11.1. The van der Waals surface area contributed by atoms with E-state index in [9.17, 15) is 5.11 Å². The first-order valence-corrected chi connectivity index (χ1v) is 5.79. The van der Waals surface area contributed by atoms with E-state index in [2.05, 4.69) is 16.0 Å². The standard InChI is InChI=1S/C12H15N5O/c1-7(18)10-6-11-14-15-12(17(11)16-10)8-2-4-9(13)5-3-8/h2-7,12,14-15,18H,13H2,1H3. The van der Waals surface area contributed by atoms with Gasteiger partial charge in [0.25, 0.3) is 0 Å². The normalized spacial score (nSPS) is 19.3. The van der Waals surface area contributed by atoms with Crippen molar-refractivity contribution in [2.45, 2.75) is 19.2 Å². The maximum atomic E-state index is 9.53. The molecular weight excluding hydrogens is 230 g/mol. The number of rotatable bonds is 2. The van der Waals surface area contributed by atoms with E-state index in [1.807, 2.05) is 35.0 Å². The Morgan fingerprint density at radius 1 is 1.39 bits per heavy atom. The van der Waals surface area contributed by atoms with E-state index in [4.69, 9.17) is 5.73 Å². The molecule has 0 saturated carbocycles. The molecule has 2 atom stereocenters. The topological polar surface area (TPSA) is 88.1 Å². The predicted molar refractivity (Wildman–Crippen MR) is 68.6 cm³/mol. The number of anilines is 2. The number of benzene rings is 1. The van der Waals surface area contributed by atoms with Crippen LogP contribution in [0, 0.1) is 0 Å². The fourth-order valence-corrected chi connectivity index (χ4v) is 2.01. The van der Waals surface area contributed by atoms with Crippen LogP contribution in [0.5, 0.6) is 0 Å². The molecule has 18 heavy (non-hydrogen) atoms. The summed E-state index contributed by atoms with van der Waals surface area (Å²) in [6.07, 6.45) is -0.662. The number of hydrazine groups is 1. The molecule has 2 heterocycles. The molecule has 0 aliphatic carbocycles. The van der Waals surface area contributed by atoms with Crippen LogP contribution in [0.15, 0.2) is 30.3 Å². The first-order valence-electron chi connectivity index (χ1n) is 5.79. The third-order valence-electron chi connectivity index (χ3n) is 3.02. The number of aromatic nitrogens is 2. The van der Waals surface area contributed by atoms with Crippen molar-refractivity contribution < 1.29 is 5.11 Å². The second kappa shape index (κ2) is 4.01. The molecule has 5 N–H and O–H groups in total. The molecule has 0 spiro atoms. The largest absolute Gasteiger partial charge is 0.399 e. The Kier molecular flexibility index (Phi) is 2.46. The van der Waals surface area contributed by atoms with Crippen LogP contribution in [0.3, 0.4) is 0 Å². The lowest BCUT2D eigenvalue weighted by Crippen LogP contribution is -2.23. The molecule has 6 heteroatoms. The lowest BCUT2D eigenvalue weighted by Gasteiger charge is -2.12. The third kappa shape index (κ3) is 1.71. The van der Waals surface area contributed by atoms with E-state index in [1.54, 1.807) is 6.92 Å². The van der Waals surface area contributed by atoms with Gasteiger partial charge in [0.05, 0.1) is 11.8 Å². The van der Waals surface area contributed by atoms with E-state index in [1.165, 1.54) is 0 Å². The lowest BCUT2D eigenvalue weighted by molar-refractivity contribution is 0.192. The maximum Gasteiger partial charge on any atom is 0.146 e. The zero-order chi connectivity index (χ0) is 12.7. The van der Waals surface area contributed by atoms with E-state index < -0.39 is 6.10 Å². The summed E-state index contributed by atoms with van der Waals surface area (Å²) in [6.45, 7) is 1.70. The Bertz CT molecular complexity index is 560. The fraction of sp³-hybridized carbons (Fsp3) is 0.250. The molecule has 1 aliphatic heterocycles. The molecule has 1 aromatic carbocycles. The molecule has 0 bridgehead atoms. The Morgan fingerprint density at radius 3 is 2.78 bits per heavy atom. The number of hydrogen-bond acceptors (Lipinski definition) is 5. The van der Waals surface area contributed by atoms with Gasteiger partial charge in [-0.15, -0.1) is 0 Å². The average Bonchev–Trinajstić information content (AvgIpc) is 2.89. The third-order valence-corrected chi connectivity index (χ3v) is 3.02. The van der Waals surface area contributed by atoms with Gasteiger partial charge in [-0.3, -0.25) is 0 Å². The van der Waals surface area contributed by atoms with E-state index in [-0.39, 0.29) is 6.17 Å². The van der Waals surface area contributed by atoms with Crippen molar-refractivity contribution in [3.63, 3.8) is 0 Å². The van der Waals surface area contributed by atoms with E-state index >= 15 is 0 Å². The second-order valence-electron chi connectivity index (χ2n) is 4.41. The van der Waals surface area contributed by atoms with E-state index in [0.717, 1.165) is 17.1 Å². The van der Waals surface area contributed by atoms with Gasteiger partial charge in [-0.05, 0) is 24.6 Å². The predicted octanol–water partition coefficient (Wildman–Crippen LogP) is 0.996. The highest BCUT2D eigenvalue weighted by atomic mass is 16.3. The Balaban J connectivity index is 1.96. The van der Waals surface area contributed by atoms with Crippen molar-refractivity contribution in [1.82, 2.24) is 15.2 Å². The van der Waals surface area contributed by atoms with Gasteiger partial charge in [-0.25, -0.2) is 10.1 Å². The molecule has 0 fully saturated rings. The first-order chi connectivity index (χ1) is 8.65. The summed E-state index contributed by atoms with van der Waals surface area (Å²) in [6, 6.07) is 9.44. The fourth-order valence-electron chi connectivity index (χ4n) is 2.01. The van der Waals surface area contributed by atoms with Crippen molar-refractivity contribution >= 4 is 11.5 Å². The van der Waals surface area contributed by atoms with Crippen molar-refractivity contribution in [3.05, 3.63) is 41.6 Å². The van der Waals surface area contributed by atoms with Crippen LogP contribution < -0.4 is 16.6 Å². The molecule has 6 nitrogen and oxygen atoms in total. The summed E-state index contributed by atoms with van der Waals surface area (Å²) in [7, 11) is 0. The Morgan fingerprint density at radius 2 is 2.11 bits per heavy atom. The highest BCUT2D eigenvalue weighted by Gasteiger charge is 2.25. The minimum absolute atomic E-state index is 0.0897. The van der Waals surface area contributed by atoms with Gasteiger partial charge in [0, 0.05) is 11.8 Å². The SMILES string of the molecule is CC(O)c1cc2n(n1)C(c1ccc(N)cc1)NN2. The zero-order valence-electron chi connectivity index (χ0n) is 9.96. The summed E-state index contributed by atoms with van der Waals surface area (Å²) in [5.74, 6) is 0.840. The van der Waals surface area contributed by atoms with Crippen LogP contribution >= 0.6 is 0 Å². The van der Waals surface area contributed by atoms with Gasteiger partial charge in [-0.2, -0.15) is 5.10 Å². The molecule has 1 aromatic heterocycles. The van der Waals surface area contributed by atoms with Crippen LogP contribution in [0.2, 0.25) is 0 Å². The lowest BCUT2D eigenvalue weighted by atomic mass is 10.1. The minimum atomic E-state index is -0.572. The van der Waals surface area contributed by atoms with Crippen molar-refractivity contribution in [3.8, 4) is 0 Å². The summed E-state index contributed by atoms with van der Waals surface area (Å²) in [5.41, 5.74) is 14.3.